The molecule has 0 fully saturated rings. The quantitative estimate of drug-likeness (QED) is 0.735. The summed E-state index contributed by atoms with van der Waals surface area (Å²) in [6.45, 7) is 2.59. The SMILES string of the molecule is CN(C)c1nc2c(c(NCCc3cnc4ccccn34)n1)CCNC2. The van der Waals surface area contributed by atoms with Crippen LogP contribution in [0.2, 0.25) is 0 Å². The molecular weight excluding hydrogens is 314 g/mol. The van der Waals surface area contributed by atoms with Gasteiger partial charge >= 0.3 is 0 Å². The molecule has 7 nitrogen and oxygen atoms in total. The van der Waals surface area contributed by atoms with Gasteiger partial charge in [-0.3, -0.25) is 0 Å². The number of aromatic nitrogens is 4. The number of nitrogens with one attached hydrogen (secondary N) is 2. The minimum absolute atomic E-state index is 0.750. The van der Waals surface area contributed by atoms with E-state index in [1.165, 1.54) is 11.3 Å². The third kappa shape index (κ3) is 3.15. The van der Waals surface area contributed by atoms with Crippen molar-refractivity contribution in [2.75, 3.05) is 37.4 Å². The second-order valence-corrected chi connectivity index (χ2v) is 6.47. The van der Waals surface area contributed by atoms with E-state index in [1.807, 2.05) is 43.4 Å². The van der Waals surface area contributed by atoms with Gasteiger partial charge in [0.2, 0.25) is 5.95 Å². The zero-order valence-electron chi connectivity index (χ0n) is 14.7. The molecule has 25 heavy (non-hydrogen) atoms. The number of hydrogen-bond donors (Lipinski definition) is 2. The molecule has 3 aromatic heterocycles. The fourth-order valence-electron chi connectivity index (χ4n) is 3.17. The highest BCUT2D eigenvalue weighted by atomic mass is 15.2. The topological polar surface area (TPSA) is 70.4 Å². The molecule has 0 saturated carbocycles. The maximum Gasteiger partial charge on any atom is 0.227 e. The van der Waals surface area contributed by atoms with Gasteiger partial charge in [-0.2, -0.15) is 4.98 Å². The highest BCUT2D eigenvalue weighted by molar-refractivity contribution is 5.52. The van der Waals surface area contributed by atoms with Crippen molar-refractivity contribution in [3.8, 4) is 0 Å². The van der Waals surface area contributed by atoms with Gasteiger partial charge in [0, 0.05) is 57.3 Å². The van der Waals surface area contributed by atoms with Crippen LogP contribution < -0.4 is 15.5 Å². The number of pyridine rings is 1. The van der Waals surface area contributed by atoms with Crippen molar-refractivity contribution in [1.29, 1.82) is 0 Å². The van der Waals surface area contributed by atoms with Gasteiger partial charge in [0.05, 0.1) is 5.69 Å². The molecule has 3 aromatic rings. The minimum atomic E-state index is 0.750. The molecular formula is C18H23N7. The van der Waals surface area contributed by atoms with Gasteiger partial charge in [0.15, 0.2) is 0 Å². The van der Waals surface area contributed by atoms with Crippen molar-refractivity contribution in [2.45, 2.75) is 19.4 Å². The molecule has 2 N–H and O–H groups in total. The Balaban J connectivity index is 1.53. The third-order valence-electron chi connectivity index (χ3n) is 4.49. The van der Waals surface area contributed by atoms with Gasteiger partial charge in [-0.05, 0) is 25.1 Å². The fourth-order valence-corrected chi connectivity index (χ4v) is 3.17. The molecule has 4 rings (SSSR count). The van der Waals surface area contributed by atoms with Gasteiger partial charge in [0.25, 0.3) is 0 Å². The van der Waals surface area contributed by atoms with Crippen molar-refractivity contribution in [2.24, 2.45) is 0 Å². The molecule has 130 valence electrons. The second-order valence-electron chi connectivity index (χ2n) is 6.47. The van der Waals surface area contributed by atoms with Crippen LogP contribution in [0.15, 0.2) is 30.6 Å². The summed E-state index contributed by atoms with van der Waals surface area (Å²) in [4.78, 5) is 15.8. The number of imidazole rings is 1. The monoisotopic (exact) mass is 337 g/mol. The molecule has 0 atom stereocenters. The summed E-state index contributed by atoms with van der Waals surface area (Å²) in [6.07, 6.45) is 5.85. The summed E-state index contributed by atoms with van der Waals surface area (Å²) >= 11 is 0. The summed E-state index contributed by atoms with van der Waals surface area (Å²) in [6, 6.07) is 6.06. The lowest BCUT2D eigenvalue weighted by Crippen LogP contribution is -2.28. The summed E-state index contributed by atoms with van der Waals surface area (Å²) < 4.78 is 2.13. The average molecular weight is 337 g/mol. The Morgan fingerprint density at radius 1 is 1.28 bits per heavy atom. The number of fused-ring (bicyclic) bond motifs is 2. The third-order valence-corrected chi connectivity index (χ3v) is 4.49. The molecule has 7 heteroatoms. The Bertz CT molecular complexity index is 884. The van der Waals surface area contributed by atoms with Crippen LogP contribution in [0.4, 0.5) is 11.8 Å². The first-order chi connectivity index (χ1) is 12.2. The van der Waals surface area contributed by atoms with Crippen molar-refractivity contribution in [3.05, 3.63) is 47.5 Å². The van der Waals surface area contributed by atoms with Crippen molar-refractivity contribution in [1.82, 2.24) is 24.7 Å². The van der Waals surface area contributed by atoms with Gasteiger partial charge in [-0.1, -0.05) is 6.07 Å². The number of nitrogens with zero attached hydrogens (tertiary/aromatic N) is 5. The van der Waals surface area contributed by atoms with E-state index < -0.39 is 0 Å². The molecule has 0 amide bonds. The molecule has 0 spiro atoms. The van der Waals surface area contributed by atoms with Crippen LogP contribution in [0, 0.1) is 0 Å². The van der Waals surface area contributed by atoms with Crippen molar-refractivity contribution in [3.63, 3.8) is 0 Å². The van der Waals surface area contributed by atoms with E-state index in [0.717, 1.165) is 55.6 Å². The standard InChI is InChI=1S/C18H23N7/c1-24(2)18-22-15-12-19-8-7-14(15)17(23-18)20-9-6-13-11-21-16-5-3-4-10-25(13)16/h3-5,10-11,19H,6-9,12H2,1-2H3,(H,20,22,23). The van der Waals surface area contributed by atoms with Gasteiger partial charge < -0.3 is 19.9 Å². The Kier molecular flexibility index (Phi) is 4.23. The molecule has 0 unspecified atom stereocenters. The molecule has 0 aromatic carbocycles. The number of rotatable bonds is 5. The van der Waals surface area contributed by atoms with Crippen LogP contribution in [0.3, 0.4) is 0 Å². The smallest absolute Gasteiger partial charge is 0.227 e. The summed E-state index contributed by atoms with van der Waals surface area (Å²) in [5.74, 6) is 1.71. The zero-order valence-corrected chi connectivity index (χ0v) is 14.7. The molecule has 0 radical (unpaired) electrons. The summed E-state index contributed by atoms with van der Waals surface area (Å²) in [7, 11) is 3.94. The Hall–Kier alpha value is -2.67. The molecule has 4 heterocycles. The number of hydrogen-bond acceptors (Lipinski definition) is 6. The lowest BCUT2D eigenvalue weighted by Gasteiger charge is -2.22. The predicted molar refractivity (Wildman–Crippen MR) is 99.2 cm³/mol. The Morgan fingerprint density at radius 2 is 2.20 bits per heavy atom. The van der Waals surface area contributed by atoms with E-state index in [-0.39, 0.29) is 0 Å². The van der Waals surface area contributed by atoms with Crippen LogP contribution in [-0.2, 0) is 19.4 Å². The van der Waals surface area contributed by atoms with Crippen LogP contribution in [0.5, 0.6) is 0 Å². The normalized spacial score (nSPS) is 13.7. The van der Waals surface area contributed by atoms with Crippen molar-refractivity contribution >= 4 is 17.4 Å². The highest BCUT2D eigenvalue weighted by Gasteiger charge is 2.18. The largest absolute Gasteiger partial charge is 0.369 e. The Morgan fingerprint density at radius 3 is 3.08 bits per heavy atom. The van der Waals surface area contributed by atoms with Gasteiger partial charge in [-0.15, -0.1) is 0 Å². The van der Waals surface area contributed by atoms with Crippen LogP contribution in [-0.4, -0.2) is 46.5 Å². The lowest BCUT2D eigenvalue weighted by molar-refractivity contribution is 0.623. The van der Waals surface area contributed by atoms with Gasteiger partial charge in [0.1, 0.15) is 11.5 Å². The van der Waals surface area contributed by atoms with E-state index in [1.54, 1.807) is 0 Å². The molecule has 1 aliphatic rings. The highest BCUT2D eigenvalue weighted by Crippen LogP contribution is 2.22. The van der Waals surface area contributed by atoms with E-state index >= 15 is 0 Å². The van der Waals surface area contributed by atoms with E-state index in [0.29, 0.717) is 0 Å². The van der Waals surface area contributed by atoms with E-state index in [4.69, 9.17) is 4.98 Å². The van der Waals surface area contributed by atoms with Crippen LogP contribution in [0.25, 0.3) is 5.65 Å². The molecule has 0 bridgehead atoms. The maximum atomic E-state index is 4.72. The average Bonchev–Trinajstić information content (AvgIpc) is 3.05. The molecule has 0 saturated heterocycles. The molecule has 0 aliphatic carbocycles. The first-order valence-electron chi connectivity index (χ1n) is 8.65. The first-order valence-corrected chi connectivity index (χ1v) is 8.65. The minimum Gasteiger partial charge on any atom is -0.369 e. The van der Waals surface area contributed by atoms with Gasteiger partial charge in [-0.25, -0.2) is 9.97 Å². The van der Waals surface area contributed by atoms with E-state index in [9.17, 15) is 0 Å². The zero-order chi connectivity index (χ0) is 17.2. The second kappa shape index (κ2) is 6.68. The number of anilines is 2. The Labute approximate surface area is 147 Å². The predicted octanol–water partition coefficient (Wildman–Crippen LogP) is 1.49. The first kappa shape index (κ1) is 15.8. The van der Waals surface area contributed by atoms with Crippen molar-refractivity contribution < 1.29 is 0 Å². The van der Waals surface area contributed by atoms with E-state index in [2.05, 4.69) is 31.2 Å². The van der Waals surface area contributed by atoms with Crippen LogP contribution >= 0.6 is 0 Å². The summed E-state index contributed by atoms with van der Waals surface area (Å²) in [5, 5.41) is 6.91. The lowest BCUT2D eigenvalue weighted by atomic mass is 10.1. The maximum absolute atomic E-state index is 4.72. The fraction of sp³-hybridized carbons (Fsp3) is 0.389. The summed E-state index contributed by atoms with van der Waals surface area (Å²) in [5.41, 5.74) is 4.52. The molecule has 1 aliphatic heterocycles. The van der Waals surface area contributed by atoms with Crippen LogP contribution in [0.1, 0.15) is 17.0 Å².